The fourth-order valence-electron chi connectivity index (χ4n) is 4.59. The van der Waals surface area contributed by atoms with Crippen molar-refractivity contribution in [2.75, 3.05) is 26.2 Å². The van der Waals surface area contributed by atoms with Crippen LogP contribution in [0.5, 0.6) is 0 Å². The first-order valence-corrected chi connectivity index (χ1v) is 8.30. The summed E-state index contributed by atoms with van der Waals surface area (Å²) in [7, 11) is 0. The summed E-state index contributed by atoms with van der Waals surface area (Å²) in [6, 6.07) is 6.31. The third-order valence-corrected chi connectivity index (χ3v) is 5.77. The van der Waals surface area contributed by atoms with Crippen molar-refractivity contribution in [1.82, 2.24) is 20.0 Å². The van der Waals surface area contributed by atoms with Gasteiger partial charge in [-0.25, -0.2) is 0 Å². The van der Waals surface area contributed by atoms with Gasteiger partial charge in [-0.2, -0.15) is 5.10 Å². The molecule has 5 heterocycles. The van der Waals surface area contributed by atoms with Crippen molar-refractivity contribution in [2.45, 2.75) is 25.3 Å². The maximum atomic E-state index is 13.2. The Hall–Kier alpha value is -1.88. The molecule has 4 aliphatic heterocycles. The molecule has 1 atom stereocenters. The molecule has 0 unspecified atom stereocenters. The van der Waals surface area contributed by atoms with Gasteiger partial charge in [0.1, 0.15) is 0 Å². The Labute approximate surface area is 129 Å². The van der Waals surface area contributed by atoms with Crippen LogP contribution in [0.4, 0.5) is 0 Å². The van der Waals surface area contributed by atoms with Gasteiger partial charge < -0.3 is 9.80 Å². The molecule has 0 radical (unpaired) electrons. The highest BCUT2D eigenvalue weighted by Crippen LogP contribution is 2.34. The number of carbonyl (C=O) groups excluding carboxylic acids is 1. The summed E-state index contributed by atoms with van der Waals surface area (Å²) >= 11 is 0. The fraction of sp³-hybridized carbons (Fsp3) is 0.529. The van der Waals surface area contributed by atoms with Gasteiger partial charge in [0.2, 0.25) is 0 Å². The average molecular weight is 296 g/mol. The van der Waals surface area contributed by atoms with Crippen LogP contribution in [-0.4, -0.2) is 58.1 Å². The van der Waals surface area contributed by atoms with E-state index >= 15 is 0 Å². The second-order valence-corrected chi connectivity index (χ2v) is 6.85. The molecule has 4 aliphatic rings. The molecule has 2 aromatic rings. The molecule has 2 bridgehead atoms. The molecule has 1 N–H and O–H groups in total. The topological polar surface area (TPSA) is 52.2 Å². The second-order valence-electron chi connectivity index (χ2n) is 6.85. The number of hydrogen-bond acceptors (Lipinski definition) is 3. The molecule has 1 aromatic carbocycles. The van der Waals surface area contributed by atoms with E-state index in [0.717, 1.165) is 41.7 Å². The highest BCUT2D eigenvalue weighted by Gasteiger charge is 2.40. The molecule has 0 spiro atoms. The van der Waals surface area contributed by atoms with E-state index in [0.29, 0.717) is 12.0 Å². The van der Waals surface area contributed by atoms with Crippen molar-refractivity contribution in [3.8, 4) is 0 Å². The summed E-state index contributed by atoms with van der Waals surface area (Å²) in [5.74, 6) is 0.879. The van der Waals surface area contributed by atoms with Crippen LogP contribution in [0.15, 0.2) is 18.2 Å². The number of rotatable bonds is 1. The van der Waals surface area contributed by atoms with Crippen LogP contribution >= 0.6 is 0 Å². The van der Waals surface area contributed by atoms with Crippen molar-refractivity contribution < 1.29 is 4.79 Å². The van der Waals surface area contributed by atoms with Crippen LogP contribution in [0.2, 0.25) is 0 Å². The van der Waals surface area contributed by atoms with Gasteiger partial charge in [0, 0.05) is 30.9 Å². The van der Waals surface area contributed by atoms with Gasteiger partial charge in [0.25, 0.3) is 5.91 Å². The maximum absolute atomic E-state index is 13.2. The number of nitrogens with zero attached hydrogens (tertiary/aromatic N) is 3. The quantitative estimate of drug-likeness (QED) is 0.870. The van der Waals surface area contributed by atoms with Crippen molar-refractivity contribution in [1.29, 1.82) is 0 Å². The third kappa shape index (κ3) is 1.69. The average Bonchev–Trinajstić information content (AvgIpc) is 2.93. The third-order valence-electron chi connectivity index (χ3n) is 5.77. The predicted octanol–water partition coefficient (Wildman–Crippen LogP) is 1.66. The molecule has 3 fully saturated rings. The molecule has 1 aromatic heterocycles. The number of benzene rings is 1. The number of aromatic amines is 1. The first-order chi connectivity index (χ1) is 10.8. The fourth-order valence-corrected chi connectivity index (χ4v) is 4.59. The summed E-state index contributed by atoms with van der Waals surface area (Å²) in [6.45, 7) is 4.26. The molecule has 3 saturated heterocycles. The summed E-state index contributed by atoms with van der Waals surface area (Å²) in [6.07, 6.45) is 3.33. The van der Waals surface area contributed by atoms with Crippen molar-refractivity contribution >= 4 is 16.8 Å². The molecular formula is C17H20N4O. The van der Waals surface area contributed by atoms with Crippen molar-refractivity contribution in [2.24, 2.45) is 5.92 Å². The first-order valence-electron chi connectivity index (χ1n) is 8.30. The molecular weight excluding hydrogens is 276 g/mol. The first kappa shape index (κ1) is 12.6. The summed E-state index contributed by atoms with van der Waals surface area (Å²) < 4.78 is 0. The highest BCUT2D eigenvalue weighted by atomic mass is 16.2. The lowest BCUT2D eigenvalue weighted by atomic mass is 9.83. The van der Waals surface area contributed by atoms with E-state index in [1.54, 1.807) is 0 Å². The van der Waals surface area contributed by atoms with E-state index in [9.17, 15) is 4.79 Å². The lowest BCUT2D eigenvalue weighted by Gasteiger charge is -2.49. The van der Waals surface area contributed by atoms with Gasteiger partial charge in [-0.1, -0.05) is 6.07 Å². The Morgan fingerprint density at radius 2 is 2.05 bits per heavy atom. The number of hydrogen-bond donors (Lipinski definition) is 1. The van der Waals surface area contributed by atoms with E-state index in [2.05, 4.69) is 20.0 Å². The number of amides is 1. The Morgan fingerprint density at radius 1 is 1.18 bits per heavy atom. The van der Waals surface area contributed by atoms with Crippen molar-refractivity contribution in [3.05, 3.63) is 29.5 Å². The van der Waals surface area contributed by atoms with E-state index in [1.807, 2.05) is 18.2 Å². The summed E-state index contributed by atoms with van der Waals surface area (Å²) in [4.78, 5) is 17.8. The van der Waals surface area contributed by atoms with E-state index < -0.39 is 0 Å². The van der Waals surface area contributed by atoms with Gasteiger partial charge in [0.05, 0.1) is 16.8 Å². The minimum atomic E-state index is 0.199. The van der Waals surface area contributed by atoms with Gasteiger partial charge in [-0.05, 0) is 44.0 Å². The van der Waals surface area contributed by atoms with Crippen LogP contribution in [0.1, 0.15) is 28.9 Å². The van der Waals surface area contributed by atoms with Gasteiger partial charge >= 0.3 is 0 Å². The van der Waals surface area contributed by atoms with Crippen LogP contribution in [0.3, 0.4) is 0 Å². The minimum Gasteiger partial charge on any atom is -0.334 e. The van der Waals surface area contributed by atoms with Crippen LogP contribution in [0.25, 0.3) is 10.9 Å². The molecule has 5 heteroatoms. The zero-order chi connectivity index (χ0) is 14.7. The molecule has 6 rings (SSSR count). The number of aromatic nitrogens is 2. The molecule has 1 amide bonds. The number of H-pyrrole nitrogens is 1. The van der Waals surface area contributed by atoms with Gasteiger partial charge in [0.15, 0.2) is 0 Å². The SMILES string of the molecule is O=C1c2cccc3[nH]nc(c23)CCN1[C@H]1CN2CCC1CC2. The molecule has 0 saturated carbocycles. The zero-order valence-corrected chi connectivity index (χ0v) is 12.6. The van der Waals surface area contributed by atoms with Crippen molar-refractivity contribution in [3.63, 3.8) is 0 Å². The standard InChI is InChI=1S/C17H20N4O/c22-17-12-2-1-3-13-16(12)14(19-18-13)6-9-21(17)15-10-20-7-4-11(15)5-8-20/h1-3,11,15H,4-10H2,(H,18,19)/t15-/m0/s1. The van der Waals surface area contributed by atoms with Gasteiger partial charge in [-0.15, -0.1) is 0 Å². The number of piperidine rings is 3. The second kappa shape index (κ2) is 4.56. The Balaban J connectivity index is 1.56. The normalized spacial score (nSPS) is 30.8. The molecule has 5 nitrogen and oxygen atoms in total. The molecule has 22 heavy (non-hydrogen) atoms. The monoisotopic (exact) mass is 296 g/mol. The Kier molecular flexibility index (Phi) is 2.62. The van der Waals surface area contributed by atoms with E-state index in [4.69, 9.17) is 0 Å². The van der Waals surface area contributed by atoms with E-state index in [-0.39, 0.29) is 5.91 Å². The molecule has 114 valence electrons. The summed E-state index contributed by atoms with van der Waals surface area (Å²) in [5.41, 5.74) is 2.86. The number of carbonyl (C=O) groups is 1. The van der Waals surface area contributed by atoms with Crippen LogP contribution in [-0.2, 0) is 6.42 Å². The zero-order valence-electron chi connectivity index (χ0n) is 12.6. The Bertz CT molecular complexity index is 744. The largest absolute Gasteiger partial charge is 0.334 e. The lowest BCUT2D eigenvalue weighted by Crippen LogP contribution is -2.58. The predicted molar refractivity (Wildman–Crippen MR) is 83.8 cm³/mol. The van der Waals surface area contributed by atoms with Crippen LogP contribution < -0.4 is 0 Å². The van der Waals surface area contributed by atoms with E-state index in [1.165, 1.54) is 25.9 Å². The van der Waals surface area contributed by atoms with Crippen LogP contribution in [0, 0.1) is 5.92 Å². The smallest absolute Gasteiger partial charge is 0.254 e. The minimum absolute atomic E-state index is 0.199. The molecule has 0 aliphatic carbocycles. The number of nitrogens with one attached hydrogen (secondary N) is 1. The highest BCUT2D eigenvalue weighted by molar-refractivity contribution is 6.07. The number of fused-ring (bicyclic) bond motifs is 3. The lowest BCUT2D eigenvalue weighted by molar-refractivity contribution is 0.00821. The maximum Gasteiger partial charge on any atom is 0.254 e. The Morgan fingerprint density at radius 3 is 2.82 bits per heavy atom. The van der Waals surface area contributed by atoms with Gasteiger partial charge in [-0.3, -0.25) is 9.89 Å². The summed E-state index contributed by atoms with van der Waals surface area (Å²) in [5, 5.41) is 8.53.